The van der Waals surface area contributed by atoms with E-state index in [4.69, 9.17) is 9.47 Å². The van der Waals surface area contributed by atoms with E-state index < -0.39 is 11.7 Å². The van der Waals surface area contributed by atoms with Gasteiger partial charge in [0.1, 0.15) is 11.4 Å². The van der Waals surface area contributed by atoms with Crippen molar-refractivity contribution < 1.29 is 27.4 Å². The number of fused-ring (bicyclic) bond motifs is 1. The highest BCUT2D eigenvalue weighted by Gasteiger charge is 2.42. The van der Waals surface area contributed by atoms with Crippen LogP contribution in [0.5, 0.6) is 5.75 Å². The largest absolute Gasteiger partial charge is 0.487 e. The van der Waals surface area contributed by atoms with Gasteiger partial charge in [-0.05, 0) is 53.1 Å². The normalized spacial score (nSPS) is 18.8. The molecule has 2 amide bonds. The van der Waals surface area contributed by atoms with Gasteiger partial charge in [-0.2, -0.15) is 13.2 Å². The number of carbonyl (C=O) groups is 1. The van der Waals surface area contributed by atoms with E-state index in [1.165, 1.54) is 11.6 Å². The summed E-state index contributed by atoms with van der Waals surface area (Å²) in [6.07, 6.45) is -0.952. The van der Waals surface area contributed by atoms with E-state index in [-0.39, 0.29) is 11.6 Å². The number of urea groups is 1. The Morgan fingerprint density at radius 3 is 2.35 bits per heavy atom. The van der Waals surface area contributed by atoms with Gasteiger partial charge in [-0.1, -0.05) is 18.2 Å². The number of piperidine rings is 1. The van der Waals surface area contributed by atoms with Crippen molar-refractivity contribution in [2.75, 3.05) is 44.7 Å². The molecule has 3 aliphatic rings. The van der Waals surface area contributed by atoms with E-state index in [9.17, 15) is 18.0 Å². The number of carbonyl (C=O) groups excluding carboxylic acids is 1. The SMILES string of the molecule is O=C(Nc1ccc(-c2ccc3c(c2)CC2(CCN(Cc4ccc(C(F)(F)F)cn4)CC2)O3)cc1)N1CCOCC1. The van der Waals surface area contributed by atoms with Crippen molar-refractivity contribution in [1.82, 2.24) is 14.8 Å². The first-order valence-corrected chi connectivity index (χ1v) is 13.6. The van der Waals surface area contributed by atoms with E-state index in [0.717, 1.165) is 67.2 Å². The first kappa shape index (κ1) is 26.6. The Morgan fingerprint density at radius 2 is 1.68 bits per heavy atom. The summed E-state index contributed by atoms with van der Waals surface area (Å²) in [5.74, 6) is 0.913. The third-order valence-electron chi connectivity index (χ3n) is 7.97. The number of rotatable bonds is 4. The van der Waals surface area contributed by atoms with Crippen LogP contribution in [0.15, 0.2) is 60.8 Å². The summed E-state index contributed by atoms with van der Waals surface area (Å²) in [6.45, 7) is 4.42. The molecule has 3 aromatic rings. The predicted octanol–water partition coefficient (Wildman–Crippen LogP) is 5.60. The zero-order chi connectivity index (χ0) is 27.7. The van der Waals surface area contributed by atoms with Crippen LogP contribution in [0.1, 0.15) is 29.7 Å². The Kier molecular flexibility index (Phi) is 7.14. The van der Waals surface area contributed by atoms with Crippen LogP contribution in [-0.4, -0.2) is 65.8 Å². The maximum absolute atomic E-state index is 12.8. The number of anilines is 1. The van der Waals surface area contributed by atoms with Crippen molar-refractivity contribution in [3.05, 3.63) is 77.6 Å². The number of hydrogen-bond donors (Lipinski definition) is 1. The molecule has 2 saturated heterocycles. The molecule has 1 spiro atoms. The summed E-state index contributed by atoms with van der Waals surface area (Å²) in [4.78, 5) is 20.5. The summed E-state index contributed by atoms with van der Waals surface area (Å²) >= 11 is 0. The molecule has 0 atom stereocenters. The minimum atomic E-state index is -4.37. The Hall–Kier alpha value is -3.63. The van der Waals surface area contributed by atoms with Crippen LogP contribution in [0.25, 0.3) is 11.1 Å². The maximum atomic E-state index is 12.8. The Morgan fingerprint density at radius 1 is 0.950 bits per heavy atom. The van der Waals surface area contributed by atoms with Gasteiger partial charge >= 0.3 is 12.2 Å². The number of ether oxygens (including phenoxy) is 2. The molecular weight excluding hydrogens is 521 g/mol. The summed E-state index contributed by atoms with van der Waals surface area (Å²) in [5, 5.41) is 2.96. The molecule has 1 aromatic heterocycles. The summed E-state index contributed by atoms with van der Waals surface area (Å²) < 4.78 is 50.2. The van der Waals surface area contributed by atoms with E-state index >= 15 is 0 Å². The number of aromatic nitrogens is 1. The molecule has 40 heavy (non-hydrogen) atoms. The molecule has 0 unspecified atom stereocenters. The number of morpholine rings is 1. The molecule has 4 heterocycles. The number of likely N-dealkylation sites (tertiary alicyclic amines) is 1. The van der Waals surface area contributed by atoms with E-state index in [1.54, 1.807) is 4.90 Å². The number of amides is 2. The lowest BCUT2D eigenvalue weighted by Gasteiger charge is -2.38. The molecule has 3 aliphatic heterocycles. The summed E-state index contributed by atoms with van der Waals surface area (Å²) in [5.41, 5.74) is 3.75. The number of benzene rings is 2. The van der Waals surface area contributed by atoms with Gasteiger partial charge in [0, 0.05) is 63.9 Å². The molecule has 0 radical (unpaired) electrons. The van der Waals surface area contributed by atoms with Gasteiger partial charge in [-0.3, -0.25) is 9.88 Å². The lowest BCUT2D eigenvalue weighted by molar-refractivity contribution is -0.137. The van der Waals surface area contributed by atoms with Crippen LogP contribution in [-0.2, 0) is 23.9 Å². The van der Waals surface area contributed by atoms with E-state index in [0.29, 0.717) is 38.5 Å². The molecule has 1 N–H and O–H groups in total. The minimum absolute atomic E-state index is 0.113. The Bertz CT molecular complexity index is 1350. The average Bonchev–Trinajstić information content (AvgIpc) is 3.32. The number of halogens is 3. The van der Waals surface area contributed by atoms with Crippen molar-refractivity contribution in [1.29, 1.82) is 0 Å². The fourth-order valence-corrected chi connectivity index (χ4v) is 5.64. The first-order chi connectivity index (χ1) is 19.3. The molecule has 0 bridgehead atoms. The van der Waals surface area contributed by atoms with E-state index in [1.807, 2.05) is 30.3 Å². The highest BCUT2D eigenvalue weighted by molar-refractivity contribution is 5.89. The Balaban J connectivity index is 1.04. The predicted molar refractivity (Wildman–Crippen MR) is 144 cm³/mol. The van der Waals surface area contributed by atoms with Crippen molar-refractivity contribution >= 4 is 11.7 Å². The third kappa shape index (κ3) is 5.78. The van der Waals surface area contributed by atoms with Gasteiger partial charge in [0.2, 0.25) is 0 Å². The van der Waals surface area contributed by atoms with Gasteiger partial charge < -0.3 is 19.7 Å². The Labute approximate surface area is 230 Å². The molecule has 2 fully saturated rings. The zero-order valence-electron chi connectivity index (χ0n) is 22.0. The lowest BCUT2D eigenvalue weighted by Crippen LogP contribution is -2.47. The van der Waals surface area contributed by atoms with Crippen molar-refractivity contribution in [2.24, 2.45) is 0 Å². The first-order valence-electron chi connectivity index (χ1n) is 13.6. The number of hydrogen-bond acceptors (Lipinski definition) is 5. The highest BCUT2D eigenvalue weighted by Crippen LogP contribution is 2.42. The molecular formula is C30H31F3N4O3. The second-order valence-corrected chi connectivity index (χ2v) is 10.7. The van der Waals surface area contributed by atoms with Crippen LogP contribution in [0.3, 0.4) is 0 Å². The minimum Gasteiger partial charge on any atom is -0.487 e. The van der Waals surface area contributed by atoms with Gasteiger partial charge in [0.25, 0.3) is 0 Å². The molecule has 6 rings (SSSR count). The molecule has 10 heteroatoms. The van der Waals surface area contributed by atoms with Crippen LogP contribution in [0.4, 0.5) is 23.7 Å². The van der Waals surface area contributed by atoms with Crippen molar-refractivity contribution in [3.63, 3.8) is 0 Å². The van der Waals surface area contributed by atoms with Gasteiger partial charge in [0.15, 0.2) is 0 Å². The monoisotopic (exact) mass is 552 g/mol. The van der Waals surface area contributed by atoms with Crippen LogP contribution < -0.4 is 10.1 Å². The van der Waals surface area contributed by atoms with Gasteiger partial charge in [-0.15, -0.1) is 0 Å². The smallest absolute Gasteiger partial charge is 0.417 e. The molecule has 7 nitrogen and oxygen atoms in total. The standard InChI is InChI=1S/C30H31F3N4O3/c31-30(32,33)24-4-7-26(34-19-24)20-36-11-9-29(10-12-36)18-23-17-22(3-8-27(23)40-29)21-1-5-25(6-2-21)35-28(38)37-13-15-39-16-14-37/h1-8,17,19H,9-16,18,20H2,(H,35,38). The number of pyridine rings is 1. The molecule has 0 saturated carbocycles. The van der Waals surface area contributed by atoms with E-state index in [2.05, 4.69) is 27.3 Å². The van der Waals surface area contributed by atoms with Gasteiger partial charge in [0.05, 0.1) is 24.5 Å². The molecule has 210 valence electrons. The second-order valence-electron chi connectivity index (χ2n) is 10.7. The number of alkyl halides is 3. The fourth-order valence-electron chi connectivity index (χ4n) is 5.64. The quantitative estimate of drug-likeness (QED) is 0.457. The fraction of sp³-hybridized carbons (Fsp3) is 0.400. The van der Waals surface area contributed by atoms with Crippen LogP contribution in [0, 0.1) is 0 Å². The third-order valence-corrected chi connectivity index (χ3v) is 7.97. The van der Waals surface area contributed by atoms with Crippen LogP contribution in [0.2, 0.25) is 0 Å². The second kappa shape index (κ2) is 10.7. The number of nitrogens with zero attached hydrogens (tertiary/aromatic N) is 3. The number of nitrogens with one attached hydrogen (secondary N) is 1. The van der Waals surface area contributed by atoms with Crippen LogP contribution >= 0.6 is 0 Å². The highest BCUT2D eigenvalue weighted by atomic mass is 19.4. The average molecular weight is 553 g/mol. The summed E-state index contributed by atoms with van der Waals surface area (Å²) in [7, 11) is 0. The summed E-state index contributed by atoms with van der Waals surface area (Å²) in [6, 6.07) is 16.6. The topological polar surface area (TPSA) is 66.9 Å². The zero-order valence-corrected chi connectivity index (χ0v) is 22.0. The van der Waals surface area contributed by atoms with Crippen molar-refractivity contribution in [2.45, 2.75) is 37.6 Å². The molecule has 2 aromatic carbocycles. The lowest BCUT2D eigenvalue weighted by atomic mass is 9.86. The van der Waals surface area contributed by atoms with Gasteiger partial charge in [-0.25, -0.2) is 4.79 Å². The van der Waals surface area contributed by atoms with Crippen molar-refractivity contribution in [3.8, 4) is 16.9 Å². The molecule has 0 aliphatic carbocycles. The maximum Gasteiger partial charge on any atom is 0.417 e.